The predicted octanol–water partition coefficient (Wildman–Crippen LogP) is 1.90. The molecule has 1 aliphatic rings. The number of likely N-dealkylation sites (tertiary alicyclic amines) is 1. The molecule has 1 fully saturated rings. The van der Waals surface area contributed by atoms with Crippen molar-refractivity contribution in [1.29, 1.82) is 0 Å². The molecule has 0 aromatic rings. The first kappa shape index (κ1) is 9.56. The average molecular weight is 169 g/mol. The van der Waals surface area contributed by atoms with Crippen molar-refractivity contribution in [2.75, 3.05) is 13.1 Å². The van der Waals surface area contributed by atoms with Crippen molar-refractivity contribution in [2.24, 2.45) is 11.8 Å². The number of rotatable bonds is 3. The van der Waals surface area contributed by atoms with Crippen LogP contribution in [0.4, 0.5) is 0 Å². The van der Waals surface area contributed by atoms with Gasteiger partial charge in [0.15, 0.2) is 0 Å². The first-order valence-electron chi connectivity index (χ1n) is 4.91. The third-order valence-electron chi connectivity index (χ3n) is 2.42. The smallest absolute Gasteiger partial charge is 0.222 e. The van der Waals surface area contributed by atoms with Gasteiger partial charge in [0.1, 0.15) is 0 Å². The van der Waals surface area contributed by atoms with Gasteiger partial charge in [0.25, 0.3) is 0 Å². The summed E-state index contributed by atoms with van der Waals surface area (Å²) in [7, 11) is 0. The summed E-state index contributed by atoms with van der Waals surface area (Å²) < 4.78 is 0. The van der Waals surface area contributed by atoms with Gasteiger partial charge >= 0.3 is 0 Å². The summed E-state index contributed by atoms with van der Waals surface area (Å²) in [6.07, 6.45) is 1.93. The summed E-state index contributed by atoms with van der Waals surface area (Å²) in [5.74, 6) is 1.87. The van der Waals surface area contributed by atoms with E-state index in [1.165, 1.54) is 6.42 Å². The van der Waals surface area contributed by atoms with Crippen LogP contribution in [0.25, 0.3) is 0 Å². The molecule has 0 saturated carbocycles. The predicted molar refractivity (Wildman–Crippen MR) is 49.8 cm³/mol. The molecule has 0 N–H and O–H groups in total. The zero-order valence-electron chi connectivity index (χ0n) is 8.34. The van der Waals surface area contributed by atoms with E-state index in [0.29, 0.717) is 12.3 Å². The molecule has 1 rings (SSSR count). The van der Waals surface area contributed by atoms with Crippen molar-refractivity contribution < 1.29 is 4.79 Å². The fourth-order valence-corrected chi connectivity index (χ4v) is 1.81. The van der Waals surface area contributed by atoms with E-state index >= 15 is 0 Å². The van der Waals surface area contributed by atoms with Crippen molar-refractivity contribution >= 4 is 5.91 Å². The van der Waals surface area contributed by atoms with Gasteiger partial charge in [-0.25, -0.2) is 0 Å². The molecule has 0 bridgehead atoms. The van der Waals surface area contributed by atoms with E-state index in [0.717, 1.165) is 24.9 Å². The van der Waals surface area contributed by atoms with Gasteiger partial charge in [-0.15, -0.1) is 0 Å². The minimum Gasteiger partial charge on any atom is -0.342 e. The van der Waals surface area contributed by atoms with Crippen LogP contribution in [0.1, 0.15) is 33.6 Å². The highest BCUT2D eigenvalue weighted by Crippen LogP contribution is 2.23. The number of carbonyl (C=O) groups is 1. The lowest BCUT2D eigenvalue weighted by molar-refractivity contribution is -0.137. The Morgan fingerprint density at radius 2 is 2.08 bits per heavy atom. The van der Waals surface area contributed by atoms with Gasteiger partial charge in [0, 0.05) is 19.5 Å². The van der Waals surface area contributed by atoms with Crippen LogP contribution in [-0.2, 0) is 4.79 Å². The van der Waals surface area contributed by atoms with Gasteiger partial charge in [-0.1, -0.05) is 20.8 Å². The minimum absolute atomic E-state index is 0.315. The highest BCUT2D eigenvalue weighted by molar-refractivity contribution is 5.76. The molecule has 0 spiro atoms. The highest BCUT2D eigenvalue weighted by Gasteiger charge is 2.29. The summed E-state index contributed by atoms with van der Waals surface area (Å²) in [6, 6.07) is 0. The van der Waals surface area contributed by atoms with E-state index in [9.17, 15) is 4.79 Å². The van der Waals surface area contributed by atoms with Gasteiger partial charge in [-0.05, 0) is 18.3 Å². The van der Waals surface area contributed by atoms with Crippen LogP contribution >= 0.6 is 0 Å². The first-order valence-corrected chi connectivity index (χ1v) is 4.91. The normalized spacial score (nSPS) is 18.2. The van der Waals surface area contributed by atoms with Gasteiger partial charge in [-0.2, -0.15) is 0 Å². The fraction of sp³-hybridized carbons (Fsp3) is 0.900. The maximum absolute atomic E-state index is 11.2. The molecule has 0 aliphatic carbocycles. The quantitative estimate of drug-likeness (QED) is 0.632. The number of hydrogen-bond acceptors (Lipinski definition) is 1. The molecule has 2 nitrogen and oxygen atoms in total. The van der Waals surface area contributed by atoms with Gasteiger partial charge in [0.05, 0.1) is 0 Å². The van der Waals surface area contributed by atoms with Crippen molar-refractivity contribution in [3.8, 4) is 0 Å². The molecule has 0 aromatic carbocycles. The number of carbonyl (C=O) groups excluding carboxylic acids is 1. The Labute approximate surface area is 74.9 Å². The molecular formula is C10H19NO. The number of nitrogens with zero attached hydrogens (tertiary/aromatic N) is 1. The van der Waals surface area contributed by atoms with Gasteiger partial charge < -0.3 is 4.90 Å². The molecule has 1 amide bonds. The van der Waals surface area contributed by atoms with Crippen molar-refractivity contribution in [3.05, 3.63) is 0 Å². The van der Waals surface area contributed by atoms with Crippen LogP contribution in [-0.4, -0.2) is 23.9 Å². The molecule has 12 heavy (non-hydrogen) atoms. The molecule has 70 valence electrons. The Bertz CT molecular complexity index is 159. The van der Waals surface area contributed by atoms with E-state index in [2.05, 4.69) is 13.8 Å². The molecular weight excluding hydrogens is 150 g/mol. The van der Waals surface area contributed by atoms with Crippen LogP contribution < -0.4 is 0 Å². The summed E-state index contributed by atoms with van der Waals surface area (Å²) in [4.78, 5) is 13.1. The largest absolute Gasteiger partial charge is 0.342 e. The topological polar surface area (TPSA) is 20.3 Å². The Balaban J connectivity index is 2.15. The third-order valence-corrected chi connectivity index (χ3v) is 2.42. The maximum Gasteiger partial charge on any atom is 0.222 e. The standard InChI is InChI=1S/C10H19NO/c1-4-10(12)11-6-9(7-11)5-8(2)3/h8-9H,4-7H2,1-3H3. The van der Waals surface area contributed by atoms with E-state index < -0.39 is 0 Å². The average Bonchev–Trinajstić information content (AvgIpc) is 1.94. The van der Waals surface area contributed by atoms with Gasteiger partial charge in [-0.3, -0.25) is 4.79 Å². The Hall–Kier alpha value is -0.530. The Kier molecular flexibility index (Phi) is 3.12. The van der Waals surface area contributed by atoms with E-state index in [1.54, 1.807) is 0 Å². The Morgan fingerprint density at radius 1 is 1.50 bits per heavy atom. The third kappa shape index (κ3) is 2.23. The van der Waals surface area contributed by atoms with E-state index in [-0.39, 0.29) is 0 Å². The molecule has 0 unspecified atom stereocenters. The van der Waals surface area contributed by atoms with Crippen molar-refractivity contribution in [2.45, 2.75) is 33.6 Å². The first-order chi connectivity index (χ1) is 5.63. The second-order valence-electron chi connectivity index (χ2n) is 4.15. The summed E-state index contributed by atoms with van der Waals surface area (Å²) in [6.45, 7) is 8.42. The van der Waals surface area contributed by atoms with Crippen molar-refractivity contribution in [1.82, 2.24) is 4.90 Å². The summed E-state index contributed by atoms with van der Waals surface area (Å²) >= 11 is 0. The molecule has 0 aromatic heterocycles. The molecule has 0 atom stereocenters. The van der Waals surface area contributed by atoms with Gasteiger partial charge in [0.2, 0.25) is 5.91 Å². The monoisotopic (exact) mass is 169 g/mol. The number of amides is 1. The van der Waals surface area contributed by atoms with Crippen LogP contribution in [0, 0.1) is 11.8 Å². The number of hydrogen-bond donors (Lipinski definition) is 0. The summed E-state index contributed by atoms with van der Waals surface area (Å²) in [5, 5.41) is 0. The van der Waals surface area contributed by atoms with Crippen LogP contribution in [0.3, 0.4) is 0 Å². The van der Waals surface area contributed by atoms with Crippen molar-refractivity contribution in [3.63, 3.8) is 0 Å². The zero-order chi connectivity index (χ0) is 9.14. The van der Waals surface area contributed by atoms with E-state index in [1.807, 2.05) is 11.8 Å². The molecule has 0 radical (unpaired) electrons. The maximum atomic E-state index is 11.2. The molecule has 1 saturated heterocycles. The second-order valence-corrected chi connectivity index (χ2v) is 4.15. The molecule has 2 heteroatoms. The lowest BCUT2D eigenvalue weighted by atomic mass is 9.90. The summed E-state index contributed by atoms with van der Waals surface area (Å²) in [5.41, 5.74) is 0. The van der Waals surface area contributed by atoms with Crippen LogP contribution in [0.5, 0.6) is 0 Å². The SMILES string of the molecule is CCC(=O)N1CC(CC(C)C)C1. The minimum atomic E-state index is 0.315. The molecule has 1 heterocycles. The highest BCUT2D eigenvalue weighted by atomic mass is 16.2. The van der Waals surface area contributed by atoms with Crippen LogP contribution in [0.15, 0.2) is 0 Å². The zero-order valence-corrected chi connectivity index (χ0v) is 8.34. The lowest BCUT2D eigenvalue weighted by Gasteiger charge is -2.40. The van der Waals surface area contributed by atoms with Crippen LogP contribution in [0.2, 0.25) is 0 Å². The molecule has 1 aliphatic heterocycles. The second kappa shape index (κ2) is 3.92. The fourth-order valence-electron chi connectivity index (χ4n) is 1.81. The lowest BCUT2D eigenvalue weighted by Crippen LogP contribution is -2.50. The van der Waals surface area contributed by atoms with E-state index in [4.69, 9.17) is 0 Å². The Morgan fingerprint density at radius 3 is 2.50 bits per heavy atom.